The predicted octanol–water partition coefficient (Wildman–Crippen LogP) is 2.10. The van der Waals surface area contributed by atoms with Gasteiger partial charge in [0, 0.05) is 63.9 Å². The van der Waals surface area contributed by atoms with E-state index in [1.165, 1.54) is 9.87 Å². The Morgan fingerprint density at radius 1 is 1.12 bits per heavy atom. The van der Waals surface area contributed by atoms with Gasteiger partial charge in [-0.15, -0.1) is 0 Å². The highest BCUT2D eigenvalue weighted by Gasteiger charge is 2.20. The fourth-order valence-electron chi connectivity index (χ4n) is 3.59. The Morgan fingerprint density at radius 3 is 2.46 bits per heavy atom. The molecular weight excluding hydrogens is 348 g/mol. The second-order valence-electron chi connectivity index (χ2n) is 7.33. The summed E-state index contributed by atoms with van der Waals surface area (Å²) < 4.78 is 28.4. The van der Waals surface area contributed by atoms with Gasteiger partial charge < -0.3 is 9.47 Å². The third-order valence-electron chi connectivity index (χ3n) is 5.29. The molecule has 2 heterocycles. The Balaban J connectivity index is 1.90. The summed E-state index contributed by atoms with van der Waals surface area (Å²) in [4.78, 5) is 4.82. The molecule has 0 atom stereocenters. The number of hydrogen-bond donors (Lipinski definition) is 0. The minimum atomic E-state index is -3.26. The van der Waals surface area contributed by atoms with Gasteiger partial charge in [-0.2, -0.15) is 0 Å². The van der Waals surface area contributed by atoms with E-state index in [1.54, 1.807) is 7.05 Å². The van der Waals surface area contributed by atoms with Crippen molar-refractivity contribution in [3.63, 3.8) is 0 Å². The van der Waals surface area contributed by atoms with Gasteiger partial charge in [-0.3, -0.25) is 9.21 Å². The smallest absolute Gasteiger partial charge is 0.234 e. The monoisotopic (exact) mass is 378 g/mol. The molecule has 0 N–H and O–H groups in total. The van der Waals surface area contributed by atoms with Crippen molar-refractivity contribution in [2.45, 2.75) is 19.9 Å². The largest absolute Gasteiger partial charge is 0.350 e. The summed E-state index contributed by atoms with van der Waals surface area (Å²) in [5.74, 6) is 0.171. The maximum absolute atomic E-state index is 12.4. The SMILES string of the molecule is CCCS(=O)(=O)N(C)c1ccc2c(c1)c(CN1CCN(C)CC1)cn2C. The van der Waals surface area contributed by atoms with Crippen molar-refractivity contribution < 1.29 is 8.42 Å². The molecule has 3 rings (SSSR count). The zero-order valence-corrected chi connectivity index (χ0v) is 17.1. The number of likely N-dealkylation sites (N-methyl/N-ethyl adjacent to an activating group) is 1. The van der Waals surface area contributed by atoms with E-state index in [1.807, 2.05) is 32.2 Å². The number of sulfonamides is 1. The first kappa shape index (κ1) is 19.2. The van der Waals surface area contributed by atoms with Gasteiger partial charge in [-0.05, 0) is 37.2 Å². The first-order valence-electron chi connectivity index (χ1n) is 9.27. The van der Waals surface area contributed by atoms with Crippen molar-refractivity contribution in [2.24, 2.45) is 7.05 Å². The number of aryl methyl sites for hydroxylation is 1. The lowest BCUT2D eigenvalue weighted by Gasteiger charge is -2.32. The molecule has 0 saturated carbocycles. The number of fused-ring (bicyclic) bond motifs is 1. The van der Waals surface area contributed by atoms with E-state index in [2.05, 4.69) is 27.6 Å². The average molecular weight is 379 g/mol. The highest BCUT2D eigenvalue weighted by Crippen LogP contribution is 2.28. The van der Waals surface area contributed by atoms with Crippen LogP contribution >= 0.6 is 0 Å². The Kier molecular flexibility index (Phi) is 5.60. The topological polar surface area (TPSA) is 48.8 Å². The van der Waals surface area contributed by atoms with E-state index in [4.69, 9.17) is 0 Å². The Labute approximate surface area is 157 Å². The number of piperazine rings is 1. The van der Waals surface area contributed by atoms with Gasteiger partial charge >= 0.3 is 0 Å². The van der Waals surface area contributed by atoms with Crippen molar-refractivity contribution in [2.75, 3.05) is 50.3 Å². The van der Waals surface area contributed by atoms with E-state index < -0.39 is 10.0 Å². The van der Waals surface area contributed by atoms with Gasteiger partial charge in [-0.25, -0.2) is 8.42 Å². The number of benzene rings is 1. The second kappa shape index (κ2) is 7.58. The molecule has 2 aromatic rings. The summed E-state index contributed by atoms with van der Waals surface area (Å²) in [6.07, 6.45) is 2.79. The molecule has 26 heavy (non-hydrogen) atoms. The van der Waals surface area contributed by atoms with Crippen LogP contribution in [0.1, 0.15) is 18.9 Å². The number of anilines is 1. The summed E-state index contributed by atoms with van der Waals surface area (Å²) in [7, 11) is 2.60. The molecule has 0 unspecified atom stereocenters. The fourth-order valence-corrected chi connectivity index (χ4v) is 4.81. The van der Waals surface area contributed by atoms with E-state index in [9.17, 15) is 8.42 Å². The molecule has 0 radical (unpaired) electrons. The van der Waals surface area contributed by atoms with Crippen LogP contribution in [0.5, 0.6) is 0 Å². The highest BCUT2D eigenvalue weighted by atomic mass is 32.2. The molecule has 0 amide bonds. The summed E-state index contributed by atoms with van der Waals surface area (Å²) >= 11 is 0. The van der Waals surface area contributed by atoms with Gasteiger partial charge in [0.25, 0.3) is 0 Å². The summed E-state index contributed by atoms with van der Waals surface area (Å²) in [5, 5.41) is 1.14. The van der Waals surface area contributed by atoms with Crippen LogP contribution in [0.4, 0.5) is 5.69 Å². The van der Waals surface area contributed by atoms with Crippen LogP contribution in [0.2, 0.25) is 0 Å². The lowest BCUT2D eigenvalue weighted by atomic mass is 10.1. The summed E-state index contributed by atoms with van der Waals surface area (Å²) in [6.45, 7) is 7.11. The Hall–Kier alpha value is -1.57. The molecule has 1 fully saturated rings. The number of nitrogens with zero attached hydrogens (tertiary/aromatic N) is 4. The zero-order chi connectivity index (χ0) is 18.9. The van der Waals surface area contributed by atoms with Gasteiger partial charge in [0.1, 0.15) is 0 Å². The predicted molar refractivity (Wildman–Crippen MR) is 108 cm³/mol. The zero-order valence-electron chi connectivity index (χ0n) is 16.3. The molecule has 1 aromatic heterocycles. The third kappa shape index (κ3) is 3.89. The highest BCUT2D eigenvalue weighted by molar-refractivity contribution is 7.92. The molecule has 7 heteroatoms. The maximum Gasteiger partial charge on any atom is 0.234 e. The molecule has 144 valence electrons. The van der Waals surface area contributed by atoms with Crippen LogP contribution in [0.3, 0.4) is 0 Å². The van der Waals surface area contributed by atoms with Crippen LogP contribution in [0, 0.1) is 0 Å². The molecule has 1 aliphatic rings. The molecule has 1 saturated heterocycles. The third-order valence-corrected chi connectivity index (χ3v) is 7.26. The van der Waals surface area contributed by atoms with E-state index in [-0.39, 0.29) is 5.75 Å². The molecule has 6 nitrogen and oxygen atoms in total. The van der Waals surface area contributed by atoms with E-state index in [0.29, 0.717) is 6.42 Å². The van der Waals surface area contributed by atoms with Gasteiger partial charge in [0.15, 0.2) is 0 Å². The summed E-state index contributed by atoms with van der Waals surface area (Å²) in [5.41, 5.74) is 3.13. The standard InChI is InChI=1S/C19H30N4O2S/c1-5-12-26(24,25)22(4)17-6-7-19-18(13-17)16(14-21(19)3)15-23-10-8-20(2)9-11-23/h6-7,13-14H,5,8-12,15H2,1-4H3. The second-order valence-corrected chi connectivity index (χ2v) is 9.45. The summed E-state index contributed by atoms with van der Waals surface area (Å²) in [6, 6.07) is 5.94. The van der Waals surface area contributed by atoms with Crippen LogP contribution < -0.4 is 4.31 Å². The van der Waals surface area contributed by atoms with Crippen molar-refractivity contribution in [3.05, 3.63) is 30.0 Å². The van der Waals surface area contributed by atoms with Crippen LogP contribution in [0.15, 0.2) is 24.4 Å². The van der Waals surface area contributed by atoms with Gasteiger partial charge in [0.2, 0.25) is 10.0 Å². The Morgan fingerprint density at radius 2 is 1.81 bits per heavy atom. The fraction of sp³-hybridized carbons (Fsp3) is 0.579. The van der Waals surface area contributed by atoms with Gasteiger partial charge in [0.05, 0.1) is 11.4 Å². The van der Waals surface area contributed by atoms with Crippen molar-refractivity contribution in [1.82, 2.24) is 14.4 Å². The lowest BCUT2D eigenvalue weighted by molar-refractivity contribution is 0.148. The molecule has 0 spiro atoms. The normalized spacial score (nSPS) is 17.1. The van der Waals surface area contributed by atoms with E-state index >= 15 is 0 Å². The molecule has 1 aromatic carbocycles. The molecule has 0 bridgehead atoms. The van der Waals surface area contributed by atoms with Crippen LogP contribution in [0.25, 0.3) is 10.9 Å². The Bertz CT molecular complexity index is 867. The maximum atomic E-state index is 12.4. The number of hydrogen-bond acceptors (Lipinski definition) is 4. The molecular formula is C19H30N4O2S. The minimum Gasteiger partial charge on any atom is -0.350 e. The van der Waals surface area contributed by atoms with Crippen molar-refractivity contribution in [1.29, 1.82) is 0 Å². The van der Waals surface area contributed by atoms with Crippen LogP contribution in [-0.2, 0) is 23.6 Å². The minimum absolute atomic E-state index is 0.171. The molecule has 1 aliphatic heterocycles. The number of aromatic nitrogens is 1. The lowest BCUT2D eigenvalue weighted by Crippen LogP contribution is -2.43. The molecule has 0 aliphatic carbocycles. The average Bonchev–Trinajstić information content (AvgIpc) is 2.91. The first-order valence-corrected chi connectivity index (χ1v) is 10.9. The van der Waals surface area contributed by atoms with Gasteiger partial charge in [-0.1, -0.05) is 6.92 Å². The number of rotatable bonds is 6. The quantitative estimate of drug-likeness (QED) is 0.772. The van der Waals surface area contributed by atoms with Crippen molar-refractivity contribution in [3.8, 4) is 0 Å². The first-order chi connectivity index (χ1) is 12.3. The van der Waals surface area contributed by atoms with Crippen molar-refractivity contribution >= 4 is 26.6 Å². The van der Waals surface area contributed by atoms with E-state index in [0.717, 1.165) is 49.3 Å². The van der Waals surface area contributed by atoms with Crippen LogP contribution in [-0.4, -0.2) is 68.8 Å².